The average Bonchev–Trinajstić information content (AvgIpc) is 2.99. The van der Waals surface area contributed by atoms with Gasteiger partial charge < -0.3 is 9.64 Å². The van der Waals surface area contributed by atoms with E-state index in [-0.39, 0.29) is 23.4 Å². The van der Waals surface area contributed by atoms with E-state index in [1.807, 2.05) is 0 Å². The molecule has 2 aromatic carbocycles. The fourth-order valence-corrected chi connectivity index (χ4v) is 5.15. The number of hydrogen-bond acceptors (Lipinski definition) is 5. The van der Waals surface area contributed by atoms with E-state index < -0.39 is 10.0 Å². The molecule has 1 fully saturated rings. The van der Waals surface area contributed by atoms with Crippen molar-refractivity contribution >= 4 is 21.8 Å². The molecule has 0 aliphatic carbocycles. The number of piperazine rings is 1. The van der Waals surface area contributed by atoms with Crippen LogP contribution < -0.4 is 9.64 Å². The summed E-state index contributed by atoms with van der Waals surface area (Å²) in [5, 5.41) is 0. The third kappa shape index (κ3) is 3.52. The number of fused-ring (bicyclic) bond motifs is 1. The Kier molecular flexibility index (Phi) is 5.12. The molecule has 0 saturated carbocycles. The van der Waals surface area contributed by atoms with E-state index in [2.05, 4.69) is 0 Å². The molecular formula is C20H22N3O5S+. The Hall–Kier alpha value is -2.75. The highest BCUT2D eigenvalue weighted by Gasteiger charge is 2.39. The highest BCUT2D eigenvalue weighted by atomic mass is 32.2. The summed E-state index contributed by atoms with van der Waals surface area (Å²) in [5.74, 6) is 0.0249. The number of rotatable bonds is 5. The van der Waals surface area contributed by atoms with Crippen LogP contribution in [-0.2, 0) is 10.0 Å². The van der Waals surface area contributed by atoms with E-state index >= 15 is 0 Å². The van der Waals surface area contributed by atoms with Gasteiger partial charge in [-0.1, -0.05) is 12.1 Å². The molecule has 29 heavy (non-hydrogen) atoms. The third-order valence-electron chi connectivity index (χ3n) is 5.39. The van der Waals surface area contributed by atoms with Crippen LogP contribution in [0.2, 0.25) is 0 Å². The van der Waals surface area contributed by atoms with Crippen molar-refractivity contribution in [1.29, 1.82) is 0 Å². The van der Waals surface area contributed by atoms with Crippen LogP contribution in [0, 0.1) is 0 Å². The molecule has 152 valence electrons. The fraction of sp³-hybridized carbons (Fsp3) is 0.300. The standard InChI is InChI=1S/C20H21N3O5S/c1-28-15-6-8-16(9-7-15)29(26,27)22-12-10-21(11-13-22)14-23-19(24)17-4-2-3-5-18(17)20(23)25/h2-9H,10-14H2,1H3/p+1. The molecule has 0 atom stereocenters. The zero-order valence-corrected chi connectivity index (χ0v) is 16.8. The number of nitrogens with zero attached hydrogens (tertiary/aromatic N) is 2. The molecule has 1 N–H and O–H groups in total. The van der Waals surface area contributed by atoms with E-state index in [0.29, 0.717) is 43.1 Å². The van der Waals surface area contributed by atoms with Crippen LogP contribution in [0.4, 0.5) is 0 Å². The monoisotopic (exact) mass is 416 g/mol. The topological polar surface area (TPSA) is 88.4 Å². The Bertz CT molecular complexity index is 1010. The summed E-state index contributed by atoms with van der Waals surface area (Å²) in [5.41, 5.74) is 0.857. The van der Waals surface area contributed by atoms with Gasteiger partial charge in [0.2, 0.25) is 10.0 Å². The highest BCUT2D eigenvalue weighted by molar-refractivity contribution is 7.89. The van der Waals surface area contributed by atoms with Crippen LogP contribution in [0.5, 0.6) is 5.75 Å². The number of carbonyl (C=O) groups excluding carboxylic acids is 2. The number of quaternary nitrogens is 1. The fourth-order valence-electron chi connectivity index (χ4n) is 3.70. The number of imide groups is 1. The molecule has 1 saturated heterocycles. The Labute approximate surface area is 169 Å². The lowest BCUT2D eigenvalue weighted by molar-refractivity contribution is -0.910. The first-order valence-corrected chi connectivity index (χ1v) is 10.8. The largest absolute Gasteiger partial charge is 0.497 e. The Morgan fingerprint density at radius 2 is 1.48 bits per heavy atom. The Morgan fingerprint density at radius 3 is 2.00 bits per heavy atom. The van der Waals surface area contributed by atoms with Crippen LogP contribution in [0.3, 0.4) is 0 Å². The molecule has 0 bridgehead atoms. The maximum absolute atomic E-state index is 12.8. The minimum Gasteiger partial charge on any atom is -0.497 e. The van der Waals surface area contributed by atoms with Gasteiger partial charge in [0.25, 0.3) is 11.8 Å². The average molecular weight is 416 g/mol. The summed E-state index contributed by atoms with van der Waals surface area (Å²) in [6.07, 6.45) is 0. The number of sulfonamides is 1. The lowest BCUT2D eigenvalue weighted by atomic mass is 10.1. The van der Waals surface area contributed by atoms with Crippen LogP contribution in [-0.4, -0.2) is 69.4 Å². The molecule has 4 rings (SSSR count). The number of benzene rings is 2. The minimum atomic E-state index is -3.59. The molecule has 2 aliphatic rings. The molecule has 2 heterocycles. The van der Waals surface area contributed by atoms with Gasteiger partial charge in [-0.3, -0.25) is 9.59 Å². The summed E-state index contributed by atoms with van der Waals surface area (Å²) in [6.45, 7) is 1.92. The normalized spacial score (nSPS) is 18.2. The van der Waals surface area contributed by atoms with Crippen LogP contribution in [0.1, 0.15) is 20.7 Å². The predicted octanol–water partition coefficient (Wildman–Crippen LogP) is -0.162. The summed E-state index contributed by atoms with van der Waals surface area (Å²) < 4.78 is 32.2. The minimum absolute atomic E-state index is 0.224. The molecule has 2 aromatic rings. The number of carbonyl (C=O) groups is 2. The predicted molar refractivity (Wildman–Crippen MR) is 104 cm³/mol. The lowest BCUT2D eigenvalue weighted by Gasteiger charge is -2.32. The zero-order valence-electron chi connectivity index (χ0n) is 16.0. The summed E-state index contributed by atoms with van der Waals surface area (Å²) in [6, 6.07) is 13.1. The first-order chi connectivity index (χ1) is 13.9. The number of methoxy groups -OCH3 is 1. The molecule has 0 aromatic heterocycles. The molecule has 0 spiro atoms. The van der Waals surface area contributed by atoms with Gasteiger partial charge in [0.15, 0.2) is 6.67 Å². The number of hydrogen-bond donors (Lipinski definition) is 1. The van der Waals surface area contributed by atoms with Crippen molar-refractivity contribution in [3.63, 3.8) is 0 Å². The Balaban J connectivity index is 1.40. The molecule has 2 aliphatic heterocycles. The van der Waals surface area contributed by atoms with Gasteiger partial charge in [-0.2, -0.15) is 4.31 Å². The van der Waals surface area contributed by atoms with Crippen molar-refractivity contribution in [3.8, 4) is 5.75 Å². The van der Waals surface area contributed by atoms with Gasteiger partial charge in [-0.05, 0) is 36.4 Å². The second-order valence-corrected chi connectivity index (χ2v) is 9.01. The van der Waals surface area contributed by atoms with E-state index in [9.17, 15) is 18.0 Å². The van der Waals surface area contributed by atoms with Crippen LogP contribution in [0.25, 0.3) is 0 Å². The second-order valence-electron chi connectivity index (χ2n) is 7.07. The molecule has 0 unspecified atom stereocenters. The summed E-state index contributed by atoms with van der Waals surface area (Å²) >= 11 is 0. The maximum atomic E-state index is 12.8. The molecular weight excluding hydrogens is 394 g/mol. The van der Waals surface area contributed by atoms with Crippen molar-refractivity contribution < 1.29 is 27.6 Å². The van der Waals surface area contributed by atoms with Gasteiger partial charge in [0, 0.05) is 0 Å². The number of amides is 2. The Morgan fingerprint density at radius 1 is 0.931 bits per heavy atom. The zero-order chi connectivity index (χ0) is 20.6. The quantitative estimate of drug-likeness (QED) is 0.685. The molecule has 0 radical (unpaired) electrons. The van der Waals surface area contributed by atoms with Crippen molar-refractivity contribution in [2.75, 3.05) is 40.0 Å². The highest BCUT2D eigenvalue weighted by Crippen LogP contribution is 2.22. The van der Waals surface area contributed by atoms with Crippen molar-refractivity contribution in [2.24, 2.45) is 0 Å². The van der Waals surface area contributed by atoms with E-state index in [0.717, 1.165) is 4.90 Å². The smallest absolute Gasteiger partial charge is 0.265 e. The van der Waals surface area contributed by atoms with Crippen molar-refractivity contribution in [3.05, 3.63) is 59.7 Å². The maximum Gasteiger partial charge on any atom is 0.265 e. The van der Waals surface area contributed by atoms with Crippen LogP contribution in [0.15, 0.2) is 53.4 Å². The second kappa shape index (κ2) is 7.58. The van der Waals surface area contributed by atoms with Gasteiger partial charge in [0.05, 0.1) is 49.3 Å². The van der Waals surface area contributed by atoms with Gasteiger partial charge in [-0.25, -0.2) is 13.3 Å². The number of nitrogens with one attached hydrogen (secondary N) is 1. The third-order valence-corrected chi connectivity index (χ3v) is 7.30. The van der Waals surface area contributed by atoms with Gasteiger partial charge in [0.1, 0.15) is 5.75 Å². The first-order valence-electron chi connectivity index (χ1n) is 9.35. The molecule has 2 amide bonds. The van der Waals surface area contributed by atoms with Gasteiger partial charge in [-0.15, -0.1) is 0 Å². The van der Waals surface area contributed by atoms with Gasteiger partial charge >= 0.3 is 0 Å². The summed E-state index contributed by atoms with van der Waals surface area (Å²) in [4.78, 5) is 27.5. The van der Waals surface area contributed by atoms with Crippen molar-refractivity contribution in [2.45, 2.75) is 4.90 Å². The lowest BCUT2D eigenvalue weighted by Crippen LogP contribution is -3.16. The van der Waals surface area contributed by atoms with E-state index in [4.69, 9.17) is 4.74 Å². The van der Waals surface area contributed by atoms with E-state index in [1.165, 1.54) is 28.4 Å². The molecule has 9 heteroatoms. The SMILES string of the molecule is COc1ccc(S(=O)(=O)N2CC[NH+](CN3C(=O)c4ccccc4C3=O)CC2)cc1. The summed E-state index contributed by atoms with van der Waals surface area (Å²) in [7, 11) is -2.06. The van der Waals surface area contributed by atoms with Crippen molar-refractivity contribution in [1.82, 2.24) is 9.21 Å². The van der Waals surface area contributed by atoms with Crippen LogP contribution >= 0.6 is 0 Å². The molecule has 8 nitrogen and oxygen atoms in total. The van der Waals surface area contributed by atoms with E-state index in [1.54, 1.807) is 36.4 Å². The number of ether oxygens (including phenoxy) is 1. The first kappa shape index (κ1) is 19.6.